The number of anilines is 1. The van der Waals surface area contributed by atoms with Crippen molar-refractivity contribution < 1.29 is 14.7 Å². The summed E-state index contributed by atoms with van der Waals surface area (Å²) < 4.78 is 0. The molecule has 1 aromatic heterocycles. The molecule has 140 valence electrons. The number of aliphatic carboxylic acids is 1. The van der Waals surface area contributed by atoms with Gasteiger partial charge >= 0.3 is 5.97 Å². The Morgan fingerprint density at radius 2 is 1.89 bits per heavy atom. The molecule has 0 spiro atoms. The van der Waals surface area contributed by atoms with Crippen molar-refractivity contribution in [2.24, 2.45) is 5.73 Å². The highest BCUT2D eigenvalue weighted by Gasteiger charge is 2.18. The monoisotopic (exact) mass is 406 g/mol. The number of fused-ring (bicyclic) bond motifs is 1. The van der Waals surface area contributed by atoms with Crippen molar-refractivity contribution in [1.82, 2.24) is 9.97 Å². The quantitative estimate of drug-likeness (QED) is 0.500. The molecule has 0 unspecified atom stereocenters. The molecular weight excluding hydrogens is 391 g/mol. The zero-order valence-corrected chi connectivity index (χ0v) is 15.5. The maximum Gasteiger partial charge on any atom is 0.305 e. The summed E-state index contributed by atoms with van der Waals surface area (Å²) in [6.45, 7) is 0. The molecule has 0 aliphatic rings. The van der Waals surface area contributed by atoms with Crippen molar-refractivity contribution in [1.29, 1.82) is 0 Å². The lowest BCUT2D eigenvalue weighted by atomic mass is 10.1. The molecule has 0 saturated heterocycles. The first-order chi connectivity index (χ1) is 12.8. The molecule has 1 heterocycles. The number of halogens is 2. The number of nitrogens with zero attached hydrogens (tertiary/aromatic N) is 1. The van der Waals surface area contributed by atoms with Crippen LogP contribution >= 0.6 is 23.2 Å². The molecule has 0 fully saturated rings. The van der Waals surface area contributed by atoms with Crippen molar-refractivity contribution in [3.8, 4) is 0 Å². The Balaban J connectivity index is 1.85. The van der Waals surface area contributed by atoms with E-state index >= 15 is 0 Å². The minimum atomic E-state index is -1.15. The number of aromatic nitrogens is 2. The van der Waals surface area contributed by atoms with Crippen LogP contribution < -0.4 is 11.1 Å². The number of carboxylic acid groups (broad SMARTS) is 1. The molecule has 27 heavy (non-hydrogen) atoms. The largest absolute Gasteiger partial charge is 0.481 e. The van der Waals surface area contributed by atoms with E-state index in [4.69, 9.17) is 34.0 Å². The van der Waals surface area contributed by atoms with Gasteiger partial charge in [0.2, 0.25) is 5.91 Å². The number of rotatable bonds is 6. The Kier molecular flexibility index (Phi) is 5.65. The lowest BCUT2D eigenvalue weighted by molar-refractivity contribution is -0.138. The van der Waals surface area contributed by atoms with Crippen LogP contribution in [-0.2, 0) is 16.0 Å². The van der Waals surface area contributed by atoms with Gasteiger partial charge in [-0.15, -0.1) is 0 Å². The van der Waals surface area contributed by atoms with Crippen LogP contribution in [-0.4, -0.2) is 33.0 Å². The topological polar surface area (TPSA) is 121 Å². The molecule has 5 N–H and O–H groups in total. The number of amides is 1. The predicted molar refractivity (Wildman–Crippen MR) is 104 cm³/mol. The van der Waals surface area contributed by atoms with E-state index in [2.05, 4.69) is 15.3 Å². The number of aromatic amines is 1. The van der Waals surface area contributed by atoms with Crippen molar-refractivity contribution in [2.75, 3.05) is 5.32 Å². The third-order valence-electron chi connectivity index (χ3n) is 3.91. The van der Waals surface area contributed by atoms with Gasteiger partial charge in [-0.05, 0) is 42.0 Å². The smallest absolute Gasteiger partial charge is 0.305 e. The normalized spacial score (nSPS) is 12.1. The Bertz CT molecular complexity index is 1020. The summed E-state index contributed by atoms with van der Waals surface area (Å²) in [5, 5.41) is 12.5. The number of carbonyl (C=O) groups excluding carboxylic acids is 1. The Morgan fingerprint density at radius 1 is 1.19 bits per heavy atom. The number of hydrogen-bond donors (Lipinski definition) is 4. The van der Waals surface area contributed by atoms with Gasteiger partial charge in [-0.25, -0.2) is 4.98 Å². The van der Waals surface area contributed by atoms with Gasteiger partial charge in [0.15, 0.2) is 0 Å². The fraction of sp³-hybridized carbons (Fsp3) is 0.167. The van der Waals surface area contributed by atoms with E-state index in [1.165, 1.54) is 0 Å². The number of H-pyrrole nitrogens is 1. The molecule has 1 atom stereocenters. The summed E-state index contributed by atoms with van der Waals surface area (Å²) in [6, 6.07) is 9.16. The van der Waals surface area contributed by atoms with E-state index in [0.717, 1.165) is 11.0 Å². The number of carboxylic acids is 1. The zero-order chi connectivity index (χ0) is 19.6. The van der Waals surface area contributed by atoms with Crippen LogP contribution in [0.5, 0.6) is 0 Å². The predicted octanol–water partition coefficient (Wildman–Crippen LogP) is 3.20. The summed E-state index contributed by atoms with van der Waals surface area (Å²) in [5.74, 6) is -1.06. The highest BCUT2D eigenvalue weighted by Crippen LogP contribution is 2.25. The van der Waals surface area contributed by atoms with E-state index < -0.39 is 24.3 Å². The standard InChI is InChI=1S/C18H16Cl2N4O3/c19-10-1-3-13(24-18(27)12(21)8-17(25)26)9(5-10)6-16-22-14-4-2-11(20)7-15(14)23-16/h1-5,7,12H,6,8,21H2,(H,22,23)(H,24,27)(H,25,26)/t12-/m0/s1. The molecule has 7 nitrogen and oxygen atoms in total. The zero-order valence-electron chi connectivity index (χ0n) is 14.0. The molecule has 2 aromatic carbocycles. The summed E-state index contributed by atoms with van der Waals surface area (Å²) in [6.07, 6.45) is -0.0876. The Morgan fingerprint density at radius 3 is 2.63 bits per heavy atom. The van der Waals surface area contributed by atoms with Gasteiger partial charge in [-0.1, -0.05) is 23.2 Å². The molecule has 1 amide bonds. The van der Waals surface area contributed by atoms with Gasteiger partial charge in [0, 0.05) is 22.2 Å². The maximum atomic E-state index is 12.1. The number of imidazole rings is 1. The van der Waals surface area contributed by atoms with Crippen molar-refractivity contribution in [3.63, 3.8) is 0 Å². The third kappa shape index (κ3) is 4.77. The first kappa shape index (κ1) is 19.2. The molecule has 0 radical (unpaired) electrons. The van der Waals surface area contributed by atoms with Crippen LogP contribution in [0.3, 0.4) is 0 Å². The second kappa shape index (κ2) is 7.96. The van der Waals surface area contributed by atoms with Gasteiger partial charge in [-0.2, -0.15) is 0 Å². The SMILES string of the molecule is N[C@@H](CC(=O)O)C(=O)Nc1ccc(Cl)cc1Cc1nc2ccc(Cl)cc2[nH]1. The highest BCUT2D eigenvalue weighted by atomic mass is 35.5. The summed E-state index contributed by atoms with van der Waals surface area (Å²) in [5.41, 5.74) is 8.38. The lowest BCUT2D eigenvalue weighted by Crippen LogP contribution is -2.37. The lowest BCUT2D eigenvalue weighted by Gasteiger charge is -2.14. The number of carbonyl (C=O) groups is 2. The van der Waals surface area contributed by atoms with E-state index in [1.54, 1.807) is 30.3 Å². The number of nitrogens with one attached hydrogen (secondary N) is 2. The van der Waals surface area contributed by atoms with Crippen LogP contribution in [0.4, 0.5) is 5.69 Å². The second-order valence-corrected chi connectivity index (χ2v) is 6.89. The van der Waals surface area contributed by atoms with Crippen LogP contribution in [0.15, 0.2) is 36.4 Å². The van der Waals surface area contributed by atoms with Gasteiger partial charge in [0.1, 0.15) is 5.82 Å². The number of benzene rings is 2. The summed E-state index contributed by atoms with van der Waals surface area (Å²) >= 11 is 12.1. The average molecular weight is 407 g/mol. The van der Waals surface area contributed by atoms with Crippen molar-refractivity contribution in [3.05, 3.63) is 57.8 Å². The first-order valence-electron chi connectivity index (χ1n) is 8.02. The third-order valence-corrected chi connectivity index (χ3v) is 4.38. The number of nitrogens with two attached hydrogens (primary N) is 1. The number of hydrogen-bond acceptors (Lipinski definition) is 4. The van der Waals surface area contributed by atoms with E-state index in [-0.39, 0.29) is 0 Å². The molecule has 3 aromatic rings. The minimum absolute atomic E-state index is 0.372. The van der Waals surface area contributed by atoms with Gasteiger partial charge < -0.3 is 21.1 Å². The Hall–Kier alpha value is -2.61. The summed E-state index contributed by atoms with van der Waals surface area (Å²) in [7, 11) is 0. The molecule has 0 aliphatic carbocycles. The maximum absolute atomic E-state index is 12.1. The van der Waals surface area contributed by atoms with Crippen LogP contribution in [0.1, 0.15) is 17.8 Å². The van der Waals surface area contributed by atoms with Gasteiger partial charge in [-0.3, -0.25) is 9.59 Å². The molecule has 0 aliphatic heterocycles. The van der Waals surface area contributed by atoms with Gasteiger partial charge in [0.25, 0.3) is 0 Å². The minimum Gasteiger partial charge on any atom is -0.481 e. The molecule has 9 heteroatoms. The van der Waals surface area contributed by atoms with Crippen molar-refractivity contribution >= 4 is 51.8 Å². The Labute approximate surface area is 164 Å². The fourth-order valence-electron chi connectivity index (χ4n) is 2.64. The molecule has 0 bridgehead atoms. The van der Waals surface area contributed by atoms with E-state index in [1.807, 2.05) is 6.07 Å². The first-order valence-corrected chi connectivity index (χ1v) is 8.78. The molecule has 0 saturated carbocycles. The highest BCUT2D eigenvalue weighted by molar-refractivity contribution is 6.31. The second-order valence-electron chi connectivity index (χ2n) is 6.02. The molecular formula is C18H16Cl2N4O3. The van der Waals surface area contributed by atoms with Crippen LogP contribution in [0.2, 0.25) is 10.0 Å². The summed E-state index contributed by atoms with van der Waals surface area (Å²) in [4.78, 5) is 30.6. The fourth-order valence-corrected chi connectivity index (χ4v) is 3.00. The van der Waals surface area contributed by atoms with Crippen LogP contribution in [0, 0.1) is 0 Å². The van der Waals surface area contributed by atoms with E-state index in [0.29, 0.717) is 33.5 Å². The van der Waals surface area contributed by atoms with Crippen LogP contribution in [0.25, 0.3) is 11.0 Å². The molecule has 3 rings (SSSR count). The van der Waals surface area contributed by atoms with Crippen molar-refractivity contribution in [2.45, 2.75) is 18.9 Å². The van der Waals surface area contributed by atoms with E-state index in [9.17, 15) is 9.59 Å². The van der Waals surface area contributed by atoms with Gasteiger partial charge in [0.05, 0.1) is 23.5 Å². The average Bonchev–Trinajstić information content (AvgIpc) is 2.97.